The Labute approximate surface area is 132 Å². The second-order valence-electron chi connectivity index (χ2n) is 6.26. The first-order valence-electron chi connectivity index (χ1n) is 8.18. The number of hydrogen-bond acceptors (Lipinski definition) is 2. The van der Waals surface area contributed by atoms with Crippen LogP contribution in [0.1, 0.15) is 56.0 Å². The average Bonchev–Trinajstić information content (AvgIpc) is 2.92. The molecular formula is C18H26N2O2. The smallest absolute Gasteiger partial charge is 0.251 e. The first-order chi connectivity index (χ1) is 10.5. The number of likely N-dealkylation sites (tertiary alicyclic amines) is 1. The molecule has 2 rings (SSSR count). The van der Waals surface area contributed by atoms with Crippen LogP contribution in [0.25, 0.3) is 0 Å². The van der Waals surface area contributed by atoms with E-state index in [1.165, 1.54) is 0 Å². The molecule has 0 aromatic heterocycles. The summed E-state index contributed by atoms with van der Waals surface area (Å²) in [6, 6.07) is 7.73. The SMILES string of the molecule is CC[C@H](C)[C@H](C)NC(=O)c1ccc(CN2CCCC2=O)cc1. The number of rotatable bonds is 6. The molecular weight excluding hydrogens is 276 g/mol. The molecule has 4 nitrogen and oxygen atoms in total. The summed E-state index contributed by atoms with van der Waals surface area (Å²) < 4.78 is 0. The molecule has 0 aliphatic carbocycles. The Balaban J connectivity index is 1.93. The zero-order chi connectivity index (χ0) is 16.1. The molecule has 1 N–H and O–H groups in total. The van der Waals surface area contributed by atoms with Crippen LogP contribution in [0.3, 0.4) is 0 Å². The van der Waals surface area contributed by atoms with Crippen molar-refractivity contribution in [2.45, 2.75) is 52.6 Å². The van der Waals surface area contributed by atoms with Crippen LogP contribution in [0.5, 0.6) is 0 Å². The number of hydrogen-bond donors (Lipinski definition) is 1. The van der Waals surface area contributed by atoms with Crippen molar-refractivity contribution in [1.82, 2.24) is 10.2 Å². The molecule has 2 atom stereocenters. The highest BCUT2D eigenvalue weighted by Crippen LogP contribution is 2.15. The lowest BCUT2D eigenvalue weighted by atomic mass is 10.0. The summed E-state index contributed by atoms with van der Waals surface area (Å²) in [6.45, 7) is 7.79. The van der Waals surface area contributed by atoms with Crippen molar-refractivity contribution >= 4 is 11.8 Å². The van der Waals surface area contributed by atoms with Gasteiger partial charge in [0.2, 0.25) is 5.91 Å². The molecule has 0 bridgehead atoms. The van der Waals surface area contributed by atoms with E-state index in [4.69, 9.17) is 0 Å². The van der Waals surface area contributed by atoms with Gasteiger partial charge in [0.05, 0.1) is 0 Å². The van der Waals surface area contributed by atoms with Crippen molar-refractivity contribution in [2.24, 2.45) is 5.92 Å². The second-order valence-corrected chi connectivity index (χ2v) is 6.26. The highest BCUT2D eigenvalue weighted by atomic mass is 16.2. The van der Waals surface area contributed by atoms with Crippen LogP contribution in [0.2, 0.25) is 0 Å². The molecule has 1 aliphatic rings. The molecule has 0 radical (unpaired) electrons. The molecule has 1 aliphatic heterocycles. The standard InChI is InChI=1S/C18H26N2O2/c1-4-13(2)14(3)19-18(22)16-9-7-15(8-10-16)12-20-11-5-6-17(20)21/h7-10,13-14H,4-6,11-12H2,1-3H3,(H,19,22)/t13-,14-/m0/s1. The number of carbonyl (C=O) groups excluding carboxylic acids is 2. The van der Waals surface area contributed by atoms with Crippen molar-refractivity contribution in [3.63, 3.8) is 0 Å². The van der Waals surface area contributed by atoms with E-state index in [2.05, 4.69) is 19.2 Å². The molecule has 1 fully saturated rings. The highest BCUT2D eigenvalue weighted by molar-refractivity contribution is 5.94. The third kappa shape index (κ3) is 4.09. The van der Waals surface area contributed by atoms with Gasteiger partial charge in [-0.2, -0.15) is 0 Å². The van der Waals surface area contributed by atoms with Crippen molar-refractivity contribution in [2.75, 3.05) is 6.54 Å². The van der Waals surface area contributed by atoms with E-state index >= 15 is 0 Å². The molecule has 120 valence electrons. The first-order valence-corrected chi connectivity index (χ1v) is 8.18. The molecule has 1 aromatic rings. The van der Waals surface area contributed by atoms with Crippen LogP contribution >= 0.6 is 0 Å². The monoisotopic (exact) mass is 302 g/mol. The quantitative estimate of drug-likeness (QED) is 0.878. The van der Waals surface area contributed by atoms with Crippen molar-refractivity contribution < 1.29 is 9.59 Å². The molecule has 0 spiro atoms. The third-order valence-electron chi connectivity index (χ3n) is 4.62. The van der Waals surface area contributed by atoms with Crippen LogP contribution in [0.4, 0.5) is 0 Å². The summed E-state index contributed by atoms with van der Waals surface area (Å²) in [4.78, 5) is 25.7. The van der Waals surface area contributed by atoms with Gasteiger partial charge in [-0.05, 0) is 37.0 Å². The van der Waals surface area contributed by atoms with Gasteiger partial charge >= 0.3 is 0 Å². The summed E-state index contributed by atoms with van der Waals surface area (Å²) in [5.74, 6) is 0.658. The van der Waals surface area contributed by atoms with Gasteiger partial charge in [0.1, 0.15) is 0 Å². The Morgan fingerprint density at radius 3 is 2.50 bits per heavy atom. The Morgan fingerprint density at radius 2 is 1.95 bits per heavy atom. The second kappa shape index (κ2) is 7.43. The maximum absolute atomic E-state index is 12.2. The minimum Gasteiger partial charge on any atom is -0.349 e. The average molecular weight is 302 g/mol. The Bertz CT molecular complexity index is 524. The molecule has 2 amide bonds. The summed E-state index contributed by atoms with van der Waals surface area (Å²) >= 11 is 0. The number of nitrogens with zero attached hydrogens (tertiary/aromatic N) is 1. The summed E-state index contributed by atoms with van der Waals surface area (Å²) in [7, 11) is 0. The zero-order valence-electron chi connectivity index (χ0n) is 13.8. The summed E-state index contributed by atoms with van der Waals surface area (Å²) in [5.41, 5.74) is 1.74. The van der Waals surface area contributed by atoms with E-state index in [0.29, 0.717) is 24.4 Å². The van der Waals surface area contributed by atoms with E-state index in [9.17, 15) is 9.59 Å². The highest BCUT2D eigenvalue weighted by Gasteiger charge is 2.20. The predicted molar refractivity (Wildman–Crippen MR) is 87.5 cm³/mol. The summed E-state index contributed by atoms with van der Waals surface area (Å²) in [6.07, 6.45) is 2.66. The molecule has 22 heavy (non-hydrogen) atoms. The lowest BCUT2D eigenvalue weighted by molar-refractivity contribution is -0.128. The van der Waals surface area contributed by atoms with E-state index in [1.54, 1.807) is 0 Å². The third-order valence-corrected chi connectivity index (χ3v) is 4.62. The molecule has 0 unspecified atom stereocenters. The van der Waals surface area contributed by atoms with Gasteiger partial charge in [-0.3, -0.25) is 9.59 Å². The number of carbonyl (C=O) groups is 2. The first kappa shape index (κ1) is 16.5. The largest absolute Gasteiger partial charge is 0.349 e. The van der Waals surface area contributed by atoms with Crippen molar-refractivity contribution in [3.05, 3.63) is 35.4 Å². The Kier molecular flexibility index (Phi) is 5.58. The predicted octanol–water partition coefficient (Wildman–Crippen LogP) is 2.97. The normalized spacial score (nSPS) is 17.4. The van der Waals surface area contributed by atoms with Gasteiger partial charge in [-0.15, -0.1) is 0 Å². The van der Waals surface area contributed by atoms with Gasteiger partial charge in [-0.25, -0.2) is 0 Å². The number of benzene rings is 1. The summed E-state index contributed by atoms with van der Waals surface area (Å²) in [5, 5.41) is 3.04. The molecule has 1 heterocycles. The van der Waals surface area contributed by atoms with Crippen LogP contribution < -0.4 is 5.32 Å². The molecule has 1 aromatic carbocycles. The minimum absolute atomic E-state index is 0.0309. The fourth-order valence-corrected chi connectivity index (χ4v) is 2.64. The van der Waals surface area contributed by atoms with Gasteiger partial charge < -0.3 is 10.2 Å². The molecule has 1 saturated heterocycles. The van der Waals surface area contributed by atoms with Gasteiger partial charge in [0.15, 0.2) is 0 Å². The van der Waals surface area contributed by atoms with Crippen LogP contribution in [0, 0.1) is 5.92 Å². The van der Waals surface area contributed by atoms with E-state index in [0.717, 1.165) is 24.9 Å². The molecule has 0 saturated carbocycles. The van der Waals surface area contributed by atoms with Gasteiger partial charge in [-0.1, -0.05) is 32.4 Å². The zero-order valence-corrected chi connectivity index (χ0v) is 13.8. The maximum Gasteiger partial charge on any atom is 0.251 e. The van der Waals surface area contributed by atoms with Gasteiger partial charge in [0.25, 0.3) is 5.91 Å². The Hall–Kier alpha value is -1.84. The fourth-order valence-electron chi connectivity index (χ4n) is 2.64. The topological polar surface area (TPSA) is 49.4 Å². The number of nitrogens with one attached hydrogen (secondary N) is 1. The maximum atomic E-state index is 12.2. The fraction of sp³-hybridized carbons (Fsp3) is 0.556. The van der Waals surface area contributed by atoms with E-state index in [-0.39, 0.29) is 17.9 Å². The number of amides is 2. The van der Waals surface area contributed by atoms with Crippen LogP contribution in [0.15, 0.2) is 24.3 Å². The lowest BCUT2D eigenvalue weighted by Crippen LogP contribution is -2.36. The lowest BCUT2D eigenvalue weighted by Gasteiger charge is -2.20. The van der Waals surface area contributed by atoms with Crippen molar-refractivity contribution in [1.29, 1.82) is 0 Å². The van der Waals surface area contributed by atoms with Crippen LogP contribution in [-0.2, 0) is 11.3 Å². The van der Waals surface area contributed by atoms with Gasteiger partial charge in [0, 0.05) is 31.1 Å². The van der Waals surface area contributed by atoms with Crippen molar-refractivity contribution in [3.8, 4) is 0 Å². The van der Waals surface area contributed by atoms with Crippen LogP contribution in [-0.4, -0.2) is 29.3 Å². The molecule has 4 heteroatoms. The van der Waals surface area contributed by atoms with E-state index in [1.807, 2.05) is 36.1 Å². The van der Waals surface area contributed by atoms with E-state index < -0.39 is 0 Å². The minimum atomic E-state index is -0.0309. The Morgan fingerprint density at radius 1 is 1.27 bits per heavy atom.